The van der Waals surface area contributed by atoms with Gasteiger partial charge in [-0.2, -0.15) is 5.10 Å². The van der Waals surface area contributed by atoms with Crippen LogP contribution in [0.2, 0.25) is 0 Å². The van der Waals surface area contributed by atoms with Crippen LogP contribution in [0.4, 0.5) is 0 Å². The van der Waals surface area contributed by atoms with Crippen molar-refractivity contribution < 1.29 is 14.4 Å². The fraction of sp³-hybridized carbons (Fsp3) is 0.577. The van der Waals surface area contributed by atoms with Crippen LogP contribution in [-0.2, 0) is 16.1 Å². The Bertz CT molecular complexity index is 1440. The largest absolute Gasteiger partial charge is 0.344 e. The number of aryl methyl sites for hydroxylation is 2. The molecule has 3 amide bonds. The molecule has 13 heteroatoms. The van der Waals surface area contributed by atoms with Crippen LogP contribution in [0, 0.1) is 19.8 Å². The summed E-state index contributed by atoms with van der Waals surface area (Å²) >= 11 is 0. The van der Waals surface area contributed by atoms with Crippen molar-refractivity contribution in [2.45, 2.75) is 72.5 Å². The summed E-state index contributed by atoms with van der Waals surface area (Å²) in [5.41, 5.74) is 0.627. The Hall–Kier alpha value is -4.03. The van der Waals surface area contributed by atoms with E-state index in [1.54, 1.807) is 43.5 Å². The number of aromatic nitrogens is 6. The molecule has 0 fully saturated rings. The van der Waals surface area contributed by atoms with E-state index < -0.39 is 23.6 Å². The van der Waals surface area contributed by atoms with Crippen molar-refractivity contribution in [3.05, 3.63) is 45.5 Å². The summed E-state index contributed by atoms with van der Waals surface area (Å²) in [6.07, 6.45) is 2.43. The molecule has 4 heterocycles. The van der Waals surface area contributed by atoms with E-state index in [9.17, 15) is 19.2 Å². The molecule has 0 spiro atoms. The second-order valence-electron chi connectivity index (χ2n) is 10.6. The number of amides is 3. The van der Waals surface area contributed by atoms with E-state index in [-0.39, 0.29) is 42.8 Å². The number of carbonyl (C=O) groups is 3. The molecule has 0 bridgehead atoms. The summed E-state index contributed by atoms with van der Waals surface area (Å²) in [6, 6.07) is 0.609. The van der Waals surface area contributed by atoms with Crippen LogP contribution < -0.4 is 10.9 Å². The molecular weight excluding hydrogens is 502 g/mol. The molecule has 3 aromatic rings. The van der Waals surface area contributed by atoms with Gasteiger partial charge in [0.2, 0.25) is 11.8 Å². The van der Waals surface area contributed by atoms with E-state index in [0.29, 0.717) is 36.7 Å². The Morgan fingerprint density at radius 1 is 1.15 bits per heavy atom. The van der Waals surface area contributed by atoms with Crippen LogP contribution in [-0.4, -0.2) is 83.1 Å². The number of likely N-dealkylation sites (N-methyl/N-ethyl adjacent to an activating group) is 1. The Balaban J connectivity index is 1.70. The average Bonchev–Trinajstić information content (AvgIpc) is 3.45. The fourth-order valence-electron chi connectivity index (χ4n) is 4.80. The monoisotopic (exact) mass is 539 g/mol. The first-order valence-electron chi connectivity index (χ1n) is 13.3. The van der Waals surface area contributed by atoms with E-state index in [2.05, 4.69) is 39.3 Å². The van der Waals surface area contributed by atoms with Gasteiger partial charge in [-0.25, -0.2) is 19.2 Å². The third-order valence-corrected chi connectivity index (χ3v) is 7.04. The van der Waals surface area contributed by atoms with E-state index in [1.807, 2.05) is 0 Å². The molecule has 1 aliphatic heterocycles. The van der Waals surface area contributed by atoms with Crippen LogP contribution in [0.25, 0.3) is 5.65 Å². The van der Waals surface area contributed by atoms with Gasteiger partial charge in [0.1, 0.15) is 23.3 Å². The lowest BCUT2D eigenvalue weighted by molar-refractivity contribution is -0.138. The number of hydrogen-bond donors (Lipinski definition) is 2. The van der Waals surface area contributed by atoms with E-state index in [1.165, 1.54) is 15.6 Å². The number of fused-ring (bicyclic) bond motifs is 2. The highest BCUT2D eigenvalue weighted by Gasteiger charge is 2.29. The Morgan fingerprint density at radius 3 is 2.62 bits per heavy atom. The molecule has 0 radical (unpaired) electrons. The first kappa shape index (κ1) is 28.0. The van der Waals surface area contributed by atoms with Gasteiger partial charge < -0.3 is 15.1 Å². The Kier molecular flexibility index (Phi) is 8.17. The highest BCUT2D eigenvalue weighted by Crippen LogP contribution is 2.21. The second-order valence-corrected chi connectivity index (χ2v) is 10.6. The van der Waals surface area contributed by atoms with Crippen LogP contribution >= 0.6 is 0 Å². The van der Waals surface area contributed by atoms with Crippen molar-refractivity contribution in [1.29, 1.82) is 0 Å². The van der Waals surface area contributed by atoms with Crippen LogP contribution in [0.15, 0.2) is 17.1 Å². The van der Waals surface area contributed by atoms with E-state index in [0.717, 1.165) is 5.69 Å². The summed E-state index contributed by atoms with van der Waals surface area (Å²) < 4.78 is 2.97. The van der Waals surface area contributed by atoms with Crippen molar-refractivity contribution in [2.24, 2.45) is 5.92 Å². The molecule has 3 aromatic heterocycles. The molecule has 0 aromatic carbocycles. The van der Waals surface area contributed by atoms with Crippen LogP contribution in [0.3, 0.4) is 0 Å². The molecule has 0 saturated carbocycles. The number of rotatable bonds is 3. The van der Waals surface area contributed by atoms with Gasteiger partial charge in [0, 0.05) is 44.5 Å². The number of nitrogens with one attached hydrogen (secondary N) is 2. The maximum Gasteiger partial charge on any atom is 0.285 e. The lowest BCUT2D eigenvalue weighted by atomic mass is 10.0. The quantitative estimate of drug-likeness (QED) is 0.508. The summed E-state index contributed by atoms with van der Waals surface area (Å²) in [7, 11) is 1.60. The predicted molar refractivity (Wildman–Crippen MR) is 143 cm³/mol. The van der Waals surface area contributed by atoms with Gasteiger partial charge >= 0.3 is 0 Å². The minimum absolute atomic E-state index is 0.0625. The lowest BCUT2D eigenvalue weighted by Crippen LogP contribution is -2.48. The number of H-pyrrole nitrogens is 1. The van der Waals surface area contributed by atoms with Gasteiger partial charge in [0.15, 0.2) is 5.65 Å². The van der Waals surface area contributed by atoms with Crippen LogP contribution in [0.1, 0.15) is 73.8 Å². The van der Waals surface area contributed by atoms with Gasteiger partial charge in [-0.1, -0.05) is 13.8 Å². The zero-order valence-corrected chi connectivity index (χ0v) is 23.4. The smallest absolute Gasteiger partial charge is 0.285 e. The topological polar surface area (TPSA) is 151 Å². The third-order valence-electron chi connectivity index (χ3n) is 7.04. The van der Waals surface area contributed by atoms with Crippen molar-refractivity contribution in [3.63, 3.8) is 0 Å². The number of aromatic amines is 1. The lowest BCUT2D eigenvalue weighted by Gasteiger charge is -2.29. The SMILES string of the molecule is Cc1nc2n(n1)CCN(C(=O)c1cnc3cc(C)[nH]n3c1=O)CCCC(=O)N(C)[C@@H](C)C(=O)N[C@@H]2CC(C)C. The number of nitrogens with zero attached hydrogens (tertiary/aromatic N) is 7. The van der Waals surface area contributed by atoms with Gasteiger partial charge in [-0.15, -0.1) is 0 Å². The molecule has 4 rings (SSSR count). The molecule has 1 aliphatic rings. The average molecular weight is 540 g/mol. The predicted octanol–water partition coefficient (Wildman–Crippen LogP) is 1.22. The molecule has 0 aliphatic carbocycles. The van der Waals surface area contributed by atoms with Crippen molar-refractivity contribution in [1.82, 2.24) is 44.5 Å². The molecule has 0 saturated heterocycles. The van der Waals surface area contributed by atoms with E-state index in [4.69, 9.17) is 0 Å². The van der Waals surface area contributed by atoms with Gasteiger partial charge in [-0.05, 0) is 39.5 Å². The summed E-state index contributed by atoms with van der Waals surface area (Å²) in [6.45, 7) is 10.1. The normalized spacial score (nSPS) is 19.8. The molecule has 2 atom stereocenters. The molecule has 2 N–H and O–H groups in total. The minimum Gasteiger partial charge on any atom is -0.344 e. The zero-order valence-electron chi connectivity index (χ0n) is 23.4. The molecule has 210 valence electrons. The minimum atomic E-state index is -0.688. The summed E-state index contributed by atoms with van der Waals surface area (Å²) in [5.74, 6) is 0.447. The highest BCUT2D eigenvalue weighted by molar-refractivity contribution is 5.94. The summed E-state index contributed by atoms with van der Waals surface area (Å²) in [5, 5.41) is 10.5. The molecule has 0 unspecified atom stereocenters. The number of hydrogen-bond acceptors (Lipinski definition) is 7. The second kappa shape index (κ2) is 11.4. The zero-order chi connectivity index (χ0) is 28.4. The molecule has 39 heavy (non-hydrogen) atoms. The highest BCUT2D eigenvalue weighted by atomic mass is 16.2. The van der Waals surface area contributed by atoms with Crippen LogP contribution in [0.5, 0.6) is 0 Å². The molecule has 13 nitrogen and oxygen atoms in total. The van der Waals surface area contributed by atoms with Gasteiger partial charge in [0.25, 0.3) is 11.5 Å². The van der Waals surface area contributed by atoms with Crippen molar-refractivity contribution in [3.8, 4) is 0 Å². The Morgan fingerprint density at radius 2 is 1.90 bits per heavy atom. The maximum atomic E-state index is 13.6. The number of carbonyl (C=O) groups excluding carboxylic acids is 3. The third kappa shape index (κ3) is 6.02. The van der Waals surface area contributed by atoms with Crippen molar-refractivity contribution in [2.75, 3.05) is 20.1 Å². The fourth-order valence-corrected chi connectivity index (χ4v) is 4.80. The Labute approximate surface area is 226 Å². The first-order chi connectivity index (χ1) is 18.5. The summed E-state index contributed by atoms with van der Waals surface area (Å²) in [4.78, 5) is 64.6. The maximum absolute atomic E-state index is 13.6. The van der Waals surface area contributed by atoms with E-state index >= 15 is 0 Å². The van der Waals surface area contributed by atoms with Gasteiger partial charge in [0.05, 0.1) is 12.6 Å². The standard InChI is InChI=1S/C26H37N9O4/c1-15(2)12-20-23-28-18(5)31-34(23)11-10-33(9-7-8-22(36)32(6)17(4)24(37)29-20)25(38)19-14-27-21-13-16(3)30-35(21)26(19)39/h13-15,17,20,30H,7-12H2,1-6H3,(H,29,37)/t17-,20+/m0/s1. The molecular formula is C26H37N9O4. The van der Waals surface area contributed by atoms with Gasteiger partial charge in [-0.3, -0.25) is 24.3 Å². The van der Waals surface area contributed by atoms with Crippen molar-refractivity contribution >= 4 is 23.4 Å². The first-order valence-corrected chi connectivity index (χ1v) is 13.3.